The molecule has 4 rings (SSSR count). The zero-order chi connectivity index (χ0) is 18.8. The molecule has 1 unspecified atom stereocenters. The van der Waals surface area contributed by atoms with Crippen molar-refractivity contribution >= 4 is 16.6 Å². The zero-order valence-electron chi connectivity index (χ0n) is 15.9. The van der Waals surface area contributed by atoms with Gasteiger partial charge in [0.2, 0.25) is 0 Å². The summed E-state index contributed by atoms with van der Waals surface area (Å²) in [5, 5.41) is 6.23. The van der Waals surface area contributed by atoms with Gasteiger partial charge >= 0.3 is 0 Å². The Morgan fingerprint density at radius 1 is 1.07 bits per heavy atom. The van der Waals surface area contributed by atoms with E-state index in [1.807, 2.05) is 44.7 Å². The maximum atomic E-state index is 12.7. The molecule has 0 saturated carbocycles. The lowest BCUT2D eigenvalue weighted by molar-refractivity contribution is -0.123. The van der Waals surface area contributed by atoms with Gasteiger partial charge in [0.05, 0.1) is 24.4 Å². The van der Waals surface area contributed by atoms with Gasteiger partial charge in [0.1, 0.15) is 0 Å². The van der Waals surface area contributed by atoms with Crippen molar-refractivity contribution in [1.82, 2.24) is 24.6 Å². The van der Waals surface area contributed by atoms with Crippen LogP contribution in [-0.4, -0.2) is 49.6 Å². The molecular weight excluding hydrogens is 338 g/mol. The predicted molar refractivity (Wildman–Crippen MR) is 105 cm³/mol. The van der Waals surface area contributed by atoms with Crippen molar-refractivity contribution in [3.05, 3.63) is 42.6 Å². The van der Waals surface area contributed by atoms with Crippen LogP contribution in [0.4, 0.5) is 0 Å². The normalized spacial score (nSPS) is 16.5. The van der Waals surface area contributed by atoms with Crippen molar-refractivity contribution in [2.24, 2.45) is 7.05 Å². The van der Waals surface area contributed by atoms with Gasteiger partial charge in [-0.05, 0) is 50.4 Å². The second-order valence-electron chi connectivity index (χ2n) is 7.41. The van der Waals surface area contributed by atoms with E-state index in [0.29, 0.717) is 6.42 Å². The molecule has 4 heterocycles. The Hall–Kier alpha value is -2.60. The number of likely N-dealkylation sites (tertiary alicyclic amines) is 1. The average Bonchev–Trinajstić information content (AvgIpc) is 3.14. The highest BCUT2D eigenvalue weighted by molar-refractivity contribution is 5.88. The van der Waals surface area contributed by atoms with E-state index >= 15 is 0 Å². The number of rotatable bonds is 5. The molecule has 140 valence electrons. The molecule has 6 heteroatoms. The molecule has 3 aromatic rings. The lowest BCUT2D eigenvalue weighted by atomic mass is 10.0. The van der Waals surface area contributed by atoms with Gasteiger partial charge in [0, 0.05) is 42.3 Å². The fraction of sp³-hybridized carbons (Fsp3) is 0.429. The molecule has 0 amide bonds. The third-order valence-corrected chi connectivity index (χ3v) is 5.42. The standard InChI is InChI=1S/C21H25N5O/c1-15(26-6-4-3-5-7-26)21(27)10-19-8-16-9-20(18-13-24-25(2)14-18)23-12-17(16)11-22-19/h8-9,11-15H,3-7,10H2,1-2H3. The van der Waals surface area contributed by atoms with Crippen molar-refractivity contribution in [1.29, 1.82) is 0 Å². The first-order valence-electron chi connectivity index (χ1n) is 9.60. The fourth-order valence-corrected chi connectivity index (χ4v) is 3.73. The van der Waals surface area contributed by atoms with Crippen molar-refractivity contribution in [3.8, 4) is 11.3 Å². The first-order valence-corrected chi connectivity index (χ1v) is 9.60. The molecule has 3 aromatic heterocycles. The van der Waals surface area contributed by atoms with Crippen LogP contribution in [-0.2, 0) is 18.3 Å². The SMILES string of the molecule is CC(C(=O)Cc1cc2cc(-c3cnn(C)c3)ncc2cn1)N1CCCCC1. The molecule has 1 fully saturated rings. The minimum Gasteiger partial charge on any atom is -0.298 e. The summed E-state index contributed by atoms with van der Waals surface area (Å²) in [6.45, 7) is 4.08. The summed E-state index contributed by atoms with van der Waals surface area (Å²) in [6, 6.07) is 4.01. The number of aromatic nitrogens is 4. The summed E-state index contributed by atoms with van der Waals surface area (Å²) in [7, 11) is 1.89. The highest BCUT2D eigenvalue weighted by atomic mass is 16.1. The number of carbonyl (C=O) groups excluding carboxylic acids is 1. The van der Waals surface area contributed by atoms with Crippen molar-refractivity contribution in [2.45, 2.75) is 38.6 Å². The summed E-state index contributed by atoms with van der Waals surface area (Å²) in [5.74, 6) is 0.241. The van der Waals surface area contributed by atoms with Gasteiger partial charge in [-0.15, -0.1) is 0 Å². The van der Waals surface area contributed by atoms with E-state index in [1.54, 1.807) is 10.9 Å². The third-order valence-electron chi connectivity index (χ3n) is 5.42. The molecule has 6 nitrogen and oxygen atoms in total. The summed E-state index contributed by atoms with van der Waals surface area (Å²) >= 11 is 0. The topological polar surface area (TPSA) is 63.9 Å². The van der Waals surface area contributed by atoms with Crippen molar-refractivity contribution in [3.63, 3.8) is 0 Å². The number of hydrogen-bond donors (Lipinski definition) is 0. The van der Waals surface area contributed by atoms with Gasteiger partial charge in [-0.1, -0.05) is 6.42 Å². The number of carbonyl (C=O) groups is 1. The van der Waals surface area contributed by atoms with Crippen LogP contribution < -0.4 is 0 Å². The molecule has 1 aliphatic rings. The van der Waals surface area contributed by atoms with Crippen LogP contribution in [0.3, 0.4) is 0 Å². The van der Waals surface area contributed by atoms with Crippen LogP contribution in [0.5, 0.6) is 0 Å². The van der Waals surface area contributed by atoms with Gasteiger partial charge in [-0.2, -0.15) is 5.10 Å². The molecule has 0 radical (unpaired) electrons. The van der Waals surface area contributed by atoms with E-state index in [4.69, 9.17) is 0 Å². The average molecular weight is 363 g/mol. The molecule has 0 spiro atoms. The second kappa shape index (κ2) is 7.56. The summed E-state index contributed by atoms with van der Waals surface area (Å²) in [6.07, 6.45) is 11.4. The zero-order valence-corrected chi connectivity index (χ0v) is 15.9. The third kappa shape index (κ3) is 3.90. The monoisotopic (exact) mass is 363 g/mol. The minimum atomic E-state index is -0.0359. The highest BCUT2D eigenvalue weighted by Crippen LogP contribution is 2.22. The predicted octanol–water partition coefficient (Wildman–Crippen LogP) is 3.02. The Kier molecular flexibility index (Phi) is 4.99. The van der Waals surface area contributed by atoms with Crippen LogP contribution in [0, 0.1) is 0 Å². The van der Waals surface area contributed by atoms with Crippen LogP contribution in [0.1, 0.15) is 31.9 Å². The van der Waals surface area contributed by atoms with Crippen molar-refractivity contribution in [2.75, 3.05) is 13.1 Å². The van der Waals surface area contributed by atoms with Gasteiger partial charge in [-0.3, -0.25) is 24.3 Å². The maximum Gasteiger partial charge on any atom is 0.155 e. The number of piperidine rings is 1. The van der Waals surface area contributed by atoms with Gasteiger partial charge in [-0.25, -0.2) is 0 Å². The van der Waals surface area contributed by atoms with Gasteiger partial charge < -0.3 is 0 Å². The summed E-state index contributed by atoms with van der Waals surface area (Å²) in [4.78, 5) is 24.0. The van der Waals surface area contributed by atoms with Crippen molar-refractivity contribution < 1.29 is 4.79 Å². The second-order valence-corrected chi connectivity index (χ2v) is 7.41. The molecule has 0 aliphatic carbocycles. The molecule has 1 atom stereocenters. The Labute approximate surface area is 159 Å². The molecule has 1 saturated heterocycles. The van der Waals surface area contributed by atoms with Crippen LogP contribution in [0.15, 0.2) is 36.9 Å². The van der Waals surface area contributed by atoms with E-state index < -0.39 is 0 Å². The maximum absolute atomic E-state index is 12.7. The van der Waals surface area contributed by atoms with Crippen LogP contribution >= 0.6 is 0 Å². The molecule has 1 aliphatic heterocycles. The van der Waals surface area contributed by atoms with E-state index in [0.717, 1.165) is 40.8 Å². The van der Waals surface area contributed by atoms with E-state index in [1.165, 1.54) is 19.3 Å². The number of nitrogens with zero attached hydrogens (tertiary/aromatic N) is 5. The Morgan fingerprint density at radius 3 is 2.59 bits per heavy atom. The highest BCUT2D eigenvalue weighted by Gasteiger charge is 2.23. The van der Waals surface area contributed by atoms with Crippen LogP contribution in [0.25, 0.3) is 22.0 Å². The fourth-order valence-electron chi connectivity index (χ4n) is 3.73. The largest absolute Gasteiger partial charge is 0.298 e. The lowest BCUT2D eigenvalue weighted by Crippen LogP contribution is -2.42. The number of fused-ring (bicyclic) bond motifs is 1. The molecular formula is C21H25N5O. The Morgan fingerprint density at radius 2 is 1.85 bits per heavy atom. The summed E-state index contributed by atoms with van der Waals surface area (Å²) in [5.41, 5.74) is 2.67. The number of aryl methyl sites for hydroxylation is 1. The number of Topliss-reactive ketones (excluding diaryl/α,β-unsaturated/α-hetero) is 1. The van der Waals surface area contributed by atoms with Gasteiger partial charge in [0.15, 0.2) is 5.78 Å². The molecule has 0 bridgehead atoms. The Bertz CT molecular complexity index is 958. The van der Waals surface area contributed by atoms with E-state index in [-0.39, 0.29) is 11.8 Å². The van der Waals surface area contributed by atoms with E-state index in [9.17, 15) is 4.79 Å². The summed E-state index contributed by atoms with van der Waals surface area (Å²) < 4.78 is 1.76. The number of pyridine rings is 2. The first-order chi connectivity index (χ1) is 13.1. The van der Waals surface area contributed by atoms with Crippen LogP contribution in [0.2, 0.25) is 0 Å². The molecule has 27 heavy (non-hydrogen) atoms. The molecule has 0 aromatic carbocycles. The smallest absolute Gasteiger partial charge is 0.155 e. The quantitative estimate of drug-likeness (QED) is 0.697. The number of ketones is 1. The molecule has 0 N–H and O–H groups in total. The minimum absolute atomic E-state index is 0.0359. The van der Waals surface area contributed by atoms with Gasteiger partial charge in [0.25, 0.3) is 0 Å². The lowest BCUT2D eigenvalue weighted by Gasteiger charge is -2.31. The first kappa shape index (κ1) is 17.8. The Balaban J connectivity index is 1.54. The van der Waals surface area contributed by atoms with E-state index in [2.05, 4.69) is 20.0 Å². The number of hydrogen-bond acceptors (Lipinski definition) is 5.